The van der Waals surface area contributed by atoms with E-state index in [-0.39, 0.29) is 6.04 Å². The minimum Gasteiger partial charge on any atom is -0.497 e. The van der Waals surface area contributed by atoms with Gasteiger partial charge in [-0.2, -0.15) is 0 Å². The third-order valence-electron chi connectivity index (χ3n) is 2.83. The van der Waals surface area contributed by atoms with Gasteiger partial charge in [0.15, 0.2) is 0 Å². The molecule has 4 heteroatoms. The Kier molecular flexibility index (Phi) is 3.99. The van der Waals surface area contributed by atoms with E-state index in [4.69, 9.17) is 10.5 Å². The Labute approximate surface area is 115 Å². The van der Waals surface area contributed by atoms with E-state index in [2.05, 4.69) is 20.9 Å². The normalized spacial score (nSPS) is 12.2. The number of rotatable bonds is 3. The SMILES string of the molecule is COc1ccc(Br)c(C(N)c2ccc(C)nc2)c1. The first-order valence-corrected chi connectivity index (χ1v) is 6.42. The molecule has 2 rings (SSSR count). The lowest BCUT2D eigenvalue weighted by Gasteiger charge is -2.15. The number of hydrogen-bond acceptors (Lipinski definition) is 3. The number of aryl methyl sites for hydroxylation is 1. The first-order chi connectivity index (χ1) is 8.61. The molecule has 0 aliphatic rings. The summed E-state index contributed by atoms with van der Waals surface area (Å²) >= 11 is 3.52. The fourth-order valence-electron chi connectivity index (χ4n) is 1.73. The van der Waals surface area contributed by atoms with Crippen molar-refractivity contribution in [1.82, 2.24) is 4.98 Å². The number of hydrogen-bond donors (Lipinski definition) is 1. The molecule has 18 heavy (non-hydrogen) atoms. The van der Waals surface area contributed by atoms with E-state index >= 15 is 0 Å². The van der Waals surface area contributed by atoms with E-state index in [9.17, 15) is 0 Å². The maximum Gasteiger partial charge on any atom is 0.119 e. The molecule has 0 saturated heterocycles. The number of nitrogens with two attached hydrogens (primary N) is 1. The van der Waals surface area contributed by atoms with Crippen LogP contribution in [-0.4, -0.2) is 12.1 Å². The quantitative estimate of drug-likeness (QED) is 0.947. The molecule has 2 N–H and O–H groups in total. The average Bonchev–Trinajstić information content (AvgIpc) is 2.39. The minimum atomic E-state index is -0.220. The van der Waals surface area contributed by atoms with Gasteiger partial charge < -0.3 is 10.5 Å². The predicted molar refractivity (Wildman–Crippen MR) is 75.7 cm³/mol. The maximum absolute atomic E-state index is 6.27. The van der Waals surface area contributed by atoms with Crippen molar-refractivity contribution < 1.29 is 4.74 Å². The molecular formula is C14H15BrN2O. The van der Waals surface area contributed by atoms with Crippen LogP contribution in [0.5, 0.6) is 5.75 Å². The van der Waals surface area contributed by atoms with Gasteiger partial charge in [-0.3, -0.25) is 4.98 Å². The Morgan fingerprint density at radius 3 is 2.67 bits per heavy atom. The van der Waals surface area contributed by atoms with Crippen LogP contribution in [0.2, 0.25) is 0 Å². The standard InChI is InChI=1S/C14H15BrN2O/c1-9-3-4-10(8-17-9)14(16)12-7-11(18-2)5-6-13(12)15/h3-8,14H,16H2,1-2H3. The number of nitrogens with zero attached hydrogens (tertiary/aromatic N) is 1. The van der Waals surface area contributed by atoms with Crippen molar-refractivity contribution in [2.75, 3.05) is 7.11 Å². The molecule has 0 saturated carbocycles. The van der Waals surface area contributed by atoms with Crippen LogP contribution >= 0.6 is 15.9 Å². The number of benzene rings is 1. The van der Waals surface area contributed by atoms with Crippen molar-refractivity contribution in [1.29, 1.82) is 0 Å². The van der Waals surface area contributed by atoms with Crippen LogP contribution in [0.15, 0.2) is 41.0 Å². The van der Waals surface area contributed by atoms with Crippen LogP contribution < -0.4 is 10.5 Å². The van der Waals surface area contributed by atoms with Gasteiger partial charge in [0, 0.05) is 16.4 Å². The first-order valence-electron chi connectivity index (χ1n) is 5.63. The Hall–Kier alpha value is -1.39. The highest BCUT2D eigenvalue weighted by molar-refractivity contribution is 9.10. The molecular weight excluding hydrogens is 292 g/mol. The Morgan fingerprint density at radius 1 is 1.28 bits per heavy atom. The van der Waals surface area contributed by atoms with Gasteiger partial charge in [-0.05, 0) is 42.3 Å². The molecule has 1 heterocycles. The number of methoxy groups -OCH3 is 1. The van der Waals surface area contributed by atoms with Gasteiger partial charge in [0.05, 0.1) is 13.2 Å². The summed E-state index contributed by atoms with van der Waals surface area (Å²) in [6.45, 7) is 1.96. The van der Waals surface area contributed by atoms with E-state index < -0.39 is 0 Å². The van der Waals surface area contributed by atoms with Crippen LogP contribution in [0.25, 0.3) is 0 Å². The van der Waals surface area contributed by atoms with Gasteiger partial charge >= 0.3 is 0 Å². The van der Waals surface area contributed by atoms with Crippen LogP contribution in [0.1, 0.15) is 22.9 Å². The number of ether oxygens (including phenoxy) is 1. The van der Waals surface area contributed by atoms with Crippen LogP contribution in [0.4, 0.5) is 0 Å². The third kappa shape index (κ3) is 2.71. The minimum absolute atomic E-state index is 0.220. The zero-order valence-corrected chi connectivity index (χ0v) is 11.9. The van der Waals surface area contributed by atoms with Crippen molar-refractivity contribution in [3.8, 4) is 5.75 Å². The van der Waals surface area contributed by atoms with Crippen molar-refractivity contribution in [2.45, 2.75) is 13.0 Å². The van der Waals surface area contributed by atoms with E-state index in [1.54, 1.807) is 7.11 Å². The lowest BCUT2D eigenvalue weighted by atomic mass is 10.0. The van der Waals surface area contributed by atoms with Crippen molar-refractivity contribution in [2.24, 2.45) is 5.73 Å². The van der Waals surface area contributed by atoms with Crippen molar-refractivity contribution in [3.05, 3.63) is 57.8 Å². The van der Waals surface area contributed by atoms with Gasteiger partial charge in [0.2, 0.25) is 0 Å². The average molecular weight is 307 g/mol. The fraction of sp³-hybridized carbons (Fsp3) is 0.214. The zero-order chi connectivity index (χ0) is 13.1. The molecule has 0 aliphatic heterocycles. The highest BCUT2D eigenvalue weighted by Crippen LogP contribution is 2.29. The molecule has 1 aromatic heterocycles. The fourth-order valence-corrected chi connectivity index (χ4v) is 2.22. The molecule has 0 radical (unpaired) electrons. The molecule has 1 atom stereocenters. The van der Waals surface area contributed by atoms with E-state index in [1.165, 1.54) is 0 Å². The Morgan fingerprint density at radius 2 is 2.06 bits per heavy atom. The smallest absolute Gasteiger partial charge is 0.119 e. The van der Waals surface area contributed by atoms with Crippen molar-refractivity contribution >= 4 is 15.9 Å². The summed E-state index contributed by atoms with van der Waals surface area (Å²) in [5, 5.41) is 0. The molecule has 1 aromatic carbocycles. The summed E-state index contributed by atoms with van der Waals surface area (Å²) in [6, 6.07) is 9.52. The second-order valence-corrected chi connectivity index (χ2v) is 4.95. The molecule has 0 fully saturated rings. The van der Waals surface area contributed by atoms with E-state index in [0.717, 1.165) is 27.0 Å². The van der Waals surface area contributed by atoms with Gasteiger partial charge in [-0.1, -0.05) is 22.0 Å². The van der Waals surface area contributed by atoms with Gasteiger partial charge in [0.25, 0.3) is 0 Å². The number of halogens is 1. The summed E-state index contributed by atoms with van der Waals surface area (Å²) < 4.78 is 6.19. The highest BCUT2D eigenvalue weighted by Gasteiger charge is 2.13. The van der Waals surface area contributed by atoms with E-state index in [1.807, 2.05) is 43.5 Å². The monoisotopic (exact) mass is 306 g/mol. The molecule has 3 nitrogen and oxygen atoms in total. The molecule has 0 spiro atoms. The first kappa shape index (κ1) is 13.1. The van der Waals surface area contributed by atoms with Gasteiger partial charge in [-0.15, -0.1) is 0 Å². The van der Waals surface area contributed by atoms with Gasteiger partial charge in [-0.25, -0.2) is 0 Å². The Bertz CT molecular complexity index is 540. The van der Waals surface area contributed by atoms with Crippen molar-refractivity contribution in [3.63, 3.8) is 0 Å². The lowest BCUT2D eigenvalue weighted by molar-refractivity contribution is 0.414. The van der Waals surface area contributed by atoms with Crippen LogP contribution in [-0.2, 0) is 0 Å². The second kappa shape index (κ2) is 5.50. The molecule has 1 unspecified atom stereocenters. The Balaban J connectivity index is 2.38. The molecule has 0 aliphatic carbocycles. The predicted octanol–water partition coefficient (Wildman–Crippen LogP) is 3.21. The zero-order valence-electron chi connectivity index (χ0n) is 10.4. The van der Waals surface area contributed by atoms with E-state index in [0.29, 0.717) is 0 Å². The van der Waals surface area contributed by atoms with Crippen LogP contribution in [0, 0.1) is 6.92 Å². The molecule has 2 aromatic rings. The largest absolute Gasteiger partial charge is 0.497 e. The summed E-state index contributed by atoms with van der Waals surface area (Å²) in [4.78, 5) is 4.27. The third-order valence-corrected chi connectivity index (χ3v) is 3.55. The second-order valence-electron chi connectivity index (χ2n) is 4.10. The molecule has 0 amide bonds. The summed E-state index contributed by atoms with van der Waals surface area (Å²) in [5.74, 6) is 0.795. The van der Waals surface area contributed by atoms with Crippen LogP contribution in [0.3, 0.4) is 0 Å². The summed E-state index contributed by atoms with van der Waals surface area (Å²) in [7, 11) is 1.64. The van der Waals surface area contributed by atoms with Gasteiger partial charge in [0.1, 0.15) is 5.75 Å². The molecule has 94 valence electrons. The topological polar surface area (TPSA) is 48.1 Å². The maximum atomic E-state index is 6.27. The highest BCUT2D eigenvalue weighted by atomic mass is 79.9. The summed E-state index contributed by atoms with van der Waals surface area (Å²) in [5.41, 5.74) is 9.21. The number of pyridine rings is 1. The lowest BCUT2D eigenvalue weighted by Crippen LogP contribution is -2.13. The number of aromatic nitrogens is 1. The molecule has 0 bridgehead atoms. The summed E-state index contributed by atoms with van der Waals surface area (Å²) in [6.07, 6.45) is 1.81.